The van der Waals surface area contributed by atoms with E-state index in [-0.39, 0.29) is 0 Å². The van der Waals surface area contributed by atoms with Gasteiger partial charge in [0.25, 0.3) is 0 Å². The predicted octanol–water partition coefficient (Wildman–Crippen LogP) is 10.7. The van der Waals surface area contributed by atoms with E-state index in [1.54, 1.807) is 0 Å². The maximum absolute atomic E-state index is 2.38. The van der Waals surface area contributed by atoms with Gasteiger partial charge in [0.05, 0.1) is 0 Å². The molecule has 0 unspecified atom stereocenters. The average Bonchev–Trinajstić information content (AvgIpc) is 3.55. The van der Waals surface area contributed by atoms with Gasteiger partial charge in [-0.15, -0.1) is 22.7 Å². The minimum Gasteiger partial charge on any atom is -0.148 e. The minimum atomic E-state index is 0.585. The average molecular weight is 495 g/mol. The normalized spacial score (nSPS) is 10.9. The summed E-state index contributed by atoms with van der Waals surface area (Å²) in [7, 11) is 0. The van der Waals surface area contributed by atoms with Crippen LogP contribution in [0, 0.1) is 0 Å². The zero-order valence-corrected chi connectivity index (χ0v) is 22.7. The molecule has 2 aromatic heterocycles. The molecule has 0 saturated heterocycles. The number of thiophene rings is 2. The molecule has 0 radical (unpaired) electrons. The highest BCUT2D eigenvalue weighted by atomic mass is 32.1. The molecule has 0 aliphatic carbocycles. The van der Waals surface area contributed by atoms with Crippen molar-refractivity contribution in [3.05, 3.63) is 129 Å². The van der Waals surface area contributed by atoms with Crippen LogP contribution in [0.3, 0.4) is 0 Å². The van der Waals surface area contributed by atoms with E-state index in [1.807, 2.05) is 22.7 Å². The second-order valence-electron chi connectivity index (χ2n) is 9.43. The summed E-state index contributed by atoms with van der Waals surface area (Å²) < 4.78 is 0. The summed E-state index contributed by atoms with van der Waals surface area (Å²) in [6.45, 7) is 9.01. The summed E-state index contributed by atoms with van der Waals surface area (Å²) in [5.41, 5.74) is 6.77. The summed E-state index contributed by atoms with van der Waals surface area (Å²) in [5.74, 6) is 1.22. The van der Waals surface area contributed by atoms with E-state index >= 15 is 0 Å². The molecule has 3 aromatic carbocycles. The van der Waals surface area contributed by atoms with Crippen molar-refractivity contribution >= 4 is 22.7 Å². The van der Waals surface area contributed by atoms with Gasteiger partial charge in [0.15, 0.2) is 0 Å². The lowest BCUT2D eigenvalue weighted by molar-refractivity contribution is 0.890. The van der Waals surface area contributed by atoms with Crippen LogP contribution in [0.1, 0.15) is 59.7 Å². The number of hydrogen-bond donors (Lipinski definition) is 0. The highest BCUT2D eigenvalue weighted by Gasteiger charge is 2.13. The molecule has 0 saturated carbocycles. The van der Waals surface area contributed by atoms with Crippen LogP contribution >= 0.6 is 22.7 Å². The summed E-state index contributed by atoms with van der Waals surface area (Å²) in [5, 5.41) is 2.24. The third-order valence-corrected chi connectivity index (χ3v) is 8.65. The third-order valence-electron chi connectivity index (χ3n) is 5.99. The Bertz CT molecular complexity index is 1290. The van der Waals surface area contributed by atoms with Crippen LogP contribution in [0.25, 0.3) is 22.3 Å². The van der Waals surface area contributed by atoms with Crippen LogP contribution in [-0.4, -0.2) is 0 Å². The number of rotatable bonds is 6. The Morgan fingerprint density at radius 2 is 1.11 bits per heavy atom. The Kier molecular flexibility index (Phi) is 8.74. The smallest absolute Gasteiger partial charge is 0.0170 e. The van der Waals surface area contributed by atoms with Gasteiger partial charge < -0.3 is 0 Å². The molecule has 0 aliphatic heterocycles. The number of benzene rings is 3. The van der Waals surface area contributed by atoms with Gasteiger partial charge in [0, 0.05) is 21.1 Å². The molecule has 0 atom stereocenters. The Balaban J connectivity index is 0.000000179. The lowest BCUT2D eigenvalue weighted by Gasteiger charge is -2.04. The van der Waals surface area contributed by atoms with Crippen molar-refractivity contribution in [3.8, 4) is 22.3 Å². The molecule has 5 rings (SSSR count). The lowest BCUT2D eigenvalue weighted by atomic mass is 10.0. The Morgan fingerprint density at radius 3 is 1.66 bits per heavy atom. The molecule has 0 bridgehead atoms. The standard InChI is InChI=1S/C20H20S.C13H14S/c1-15(2)19-14-18(17-11-7-4-8-12-17)20(21-19)13-16-9-5-3-6-10-16;1-10(2)13-8-12(9-14-13)11-6-4-3-5-7-11/h3-12,14-15H,13H2,1-2H3;3-10H,1-2H3. The summed E-state index contributed by atoms with van der Waals surface area (Å²) in [6.07, 6.45) is 1.02. The van der Waals surface area contributed by atoms with Crippen molar-refractivity contribution in [3.63, 3.8) is 0 Å². The first-order valence-corrected chi connectivity index (χ1v) is 14.1. The Labute approximate surface area is 219 Å². The molecule has 2 heterocycles. The SMILES string of the molecule is CC(C)c1cc(-c2ccccc2)c(Cc2ccccc2)s1.CC(C)c1cc(-c2ccccc2)cs1. The summed E-state index contributed by atoms with van der Waals surface area (Å²) in [4.78, 5) is 4.40. The molecule has 5 aromatic rings. The maximum Gasteiger partial charge on any atom is 0.0170 e. The van der Waals surface area contributed by atoms with Gasteiger partial charge in [0.1, 0.15) is 0 Å². The maximum atomic E-state index is 2.38. The van der Waals surface area contributed by atoms with Crippen LogP contribution in [0.2, 0.25) is 0 Å². The quantitative estimate of drug-likeness (QED) is 0.220. The van der Waals surface area contributed by atoms with Gasteiger partial charge in [0.2, 0.25) is 0 Å². The van der Waals surface area contributed by atoms with Crippen molar-refractivity contribution < 1.29 is 0 Å². The van der Waals surface area contributed by atoms with Crippen LogP contribution in [0.5, 0.6) is 0 Å². The number of hydrogen-bond acceptors (Lipinski definition) is 2. The van der Waals surface area contributed by atoms with Gasteiger partial charge in [-0.2, -0.15) is 0 Å². The first-order valence-electron chi connectivity index (χ1n) is 12.4. The molecule has 0 amide bonds. The van der Waals surface area contributed by atoms with Gasteiger partial charge in [-0.05, 0) is 57.2 Å². The molecule has 0 spiro atoms. The van der Waals surface area contributed by atoms with E-state index in [4.69, 9.17) is 0 Å². The highest BCUT2D eigenvalue weighted by molar-refractivity contribution is 7.12. The molecule has 0 aliphatic rings. The van der Waals surface area contributed by atoms with Crippen molar-refractivity contribution in [1.29, 1.82) is 0 Å². The molecular formula is C33H34S2. The first-order chi connectivity index (χ1) is 17.0. The van der Waals surface area contributed by atoms with Gasteiger partial charge in [-0.3, -0.25) is 0 Å². The fraction of sp³-hybridized carbons (Fsp3) is 0.212. The van der Waals surface area contributed by atoms with Crippen molar-refractivity contribution in [2.45, 2.75) is 46.0 Å². The van der Waals surface area contributed by atoms with Crippen LogP contribution < -0.4 is 0 Å². The van der Waals surface area contributed by atoms with E-state index in [1.165, 1.54) is 42.4 Å². The largest absolute Gasteiger partial charge is 0.148 e. The van der Waals surface area contributed by atoms with Crippen molar-refractivity contribution in [2.75, 3.05) is 0 Å². The van der Waals surface area contributed by atoms with Crippen LogP contribution in [0.4, 0.5) is 0 Å². The molecule has 0 N–H and O–H groups in total. The zero-order chi connectivity index (χ0) is 24.6. The van der Waals surface area contributed by atoms with Crippen LogP contribution in [-0.2, 0) is 6.42 Å². The molecule has 0 fully saturated rings. The molecular weight excluding hydrogens is 460 g/mol. The van der Waals surface area contributed by atoms with E-state index in [2.05, 4.69) is 136 Å². The monoisotopic (exact) mass is 494 g/mol. The second kappa shape index (κ2) is 12.2. The van der Waals surface area contributed by atoms with Crippen molar-refractivity contribution in [1.82, 2.24) is 0 Å². The highest BCUT2D eigenvalue weighted by Crippen LogP contribution is 2.36. The zero-order valence-electron chi connectivity index (χ0n) is 21.1. The predicted molar refractivity (Wildman–Crippen MR) is 157 cm³/mol. The summed E-state index contributed by atoms with van der Waals surface area (Å²) in [6, 6.07) is 36.7. The topological polar surface area (TPSA) is 0 Å². The Hall–Kier alpha value is -2.94. The van der Waals surface area contributed by atoms with E-state index in [0.717, 1.165) is 6.42 Å². The molecule has 178 valence electrons. The van der Waals surface area contributed by atoms with Crippen molar-refractivity contribution in [2.24, 2.45) is 0 Å². The molecule has 2 heteroatoms. The Morgan fingerprint density at radius 1 is 0.571 bits per heavy atom. The van der Waals surface area contributed by atoms with E-state index in [0.29, 0.717) is 11.8 Å². The molecule has 0 nitrogen and oxygen atoms in total. The van der Waals surface area contributed by atoms with Gasteiger partial charge >= 0.3 is 0 Å². The van der Waals surface area contributed by atoms with E-state index < -0.39 is 0 Å². The second-order valence-corrected chi connectivity index (χ2v) is 11.5. The minimum absolute atomic E-state index is 0.585. The van der Waals surface area contributed by atoms with Crippen LogP contribution in [0.15, 0.2) is 109 Å². The first kappa shape index (κ1) is 25.2. The lowest BCUT2D eigenvalue weighted by Crippen LogP contribution is -1.86. The van der Waals surface area contributed by atoms with Gasteiger partial charge in [-0.1, -0.05) is 119 Å². The fourth-order valence-electron chi connectivity index (χ4n) is 3.95. The van der Waals surface area contributed by atoms with Gasteiger partial charge in [-0.25, -0.2) is 0 Å². The van der Waals surface area contributed by atoms with E-state index in [9.17, 15) is 0 Å². The fourth-order valence-corrected chi connectivity index (χ4v) is 6.10. The summed E-state index contributed by atoms with van der Waals surface area (Å²) >= 11 is 3.81. The molecule has 35 heavy (non-hydrogen) atoms. The third kappa shape index (κ3) is 6.81.